The molecule has 2 aromatic rings. The van der Waals surface area contributed by atoms with Crippen molar-refractivity contribution < 1.29 is 14.8 Å². The van der Waals surface area contributed by atoms with Crippen LogP contribution in [0.3, 0.4) is 0 Å². The molecular formula is C14H11N3O4. The molecule has 0 amide bonds. The summed E-state index contributed by atoms with van der Waals surface area (Å²) in [4.78, 5) is 22.0. The minimum atomic E-state index is -0.559. The minimum Gasteiger partial charge on any atom is -0.508 e. The second-order valence-corrected chi connectivity index (χ2v) is 4.12. The zero-order chi connectivity index (χ0) is 15.2. The van der Waals surface area contributed by atoms with Crippen LogP contribution in [0, 0.1) is 10.1 Å². The largest absolute Gasteiger partial charge is 0.508 e. The normalized spacial score (nSPS) is 10.7. The molecule has 0 unspecified atom stereocenters. The molecular weight excluding hydrogens is 274 g/mol. The van der Waals surface area contributed by atoms with Crippen molar-refractivity contribution in [3.8, 4) is 5.75 Å². The Morgan fingerprint density at radius 1 is 1.14 bits per heavy atom. The lowest BCUT2D eigenvalue weighted by Crippen LogP contribution is -2.02. The highest BCUT2D eigenvalue weighted by molar-refractivity contribution is 5.97. The van der Waals surface area contributed by atoms with Gasteiger partial charge in [-0.15, -0.1) is 5.11 Å². The van der Waals surface area contributed by atoms with Crippen LogP contribution < -0.4 is 0 Å². The highest BCUT2D eigenvalue weighted by Gasteiger charge is 2.11. The molecule has 106 valence electrons. The van der Waals surface area contributed by atoms with Gasteiger partial charge in [-0.3, -0.25) is 14.9 Å². The molecule has 0 heterocycles. The van der Waals surface area contributed by atoms with Crippen molar-refractivity contribution >= 4 is 17.2 Å². The van der Waals surface area contributed by atoms with Gasteiger partial charge in [0.05, 0.1) is 4.92 Å². The molecule has 0 saturated carbocycles. The number of phenols is 1. The highest BCUT2D eigenvalue weighted by atomic mass is 16.6. The summed E-state index contributed by atoms with van der Waals surface area (Å²) >= 11 is 0. The van der Waals surface area contributed by atoms with Gasteiger partial charge in [0.15, 0.2) is 11.5 Å². The van der Waals surface area contributed by atoms with Crippen LogP contribution in [0.25, 0.3) is 0 Å². The first-order valence-electron chi connectivity index (χ1n) is 6.01. The molecule has 0 spiro atoms. The van der Waals surface area contributed by atoms with E-state index < -0.39 is 4.92 Å². The molecule has 2 rings (SSSR count). The van der Waals surface area contributed by atoms with E-state index in [4.69, 9.17) is 5.11 Å². The molecule has 21 heavy (non-hydrogen) atoms. The summed E-state index contributed by atoms with van der Waals surface area (Å²) in [5.41, 5.74) is 0.314. The van der Waals surface area contributed by atoms with Crippen LogP contribution in [0.1, 0.15) is 10.4 Å². The number of hydrogen-bond acceptors (Lipinski definition) is 6. The Morgan fingerprint density at radius 2 is 1.81 bits per heavy atom. The molecule has 2 aromatic carbocycles. The van der Waals surface area contributed by atoms with Crippen LogP contribution in [0.15, 0.2) is 58.8 Å². The third-order valence-electron chi connectivity index (χ3n) is 2.66. The number of nitrogens with zero attached hydrogens (tertiary/aromatic N) is 3. The first kappa shape index (κ1) is 14.3. The number of hydrogen-bond donors (Lipinski definition) is 1. The number of benzene rings is 2. The van der Waals surface area contributed by atoms with Crippen LogP contribution in [-0.2, 0) is 0 Å². The quantitative estimate of drug-likeness (QED) is 0.394. The third kappa shape index (κ3) is 3.69. The van der Waals surface area contributed by atoms with E-state index in [1.807, 2.05) is 0 Å². The number of carbonyl (C=O) groups excluding carboxylic acids is 1. The molecule has 0 aliphatic heterocycles. The Morgan fingerprint density at radius 3 is 2.48 bits per heavy atom. The lowest BCUT2D eigenvalue weighted by atomic mass is 10.1. The Hall–Kier alpha value is -3.09. The fourth-order valence-corrected chi connectivity index (χ4v) is 1.62. The first-order chi connectivity index (χ1) is 10.1. The van der Waals surface area contributed by atoms with Crippen LogP contribution in [0.5, 0.6) is 5.75 Å². The molecule has 0 saturated heterocycles. The summed E-state index contributed by atoms with van der Waals surface area (Å²) in [6.45, 7) is -0.225. The van der Waals surface area contributed by atoms with Crippen molar-refractivity contribution in [1.82, 2.24) is 0 Å². The van der Waals surface area contributed by atoms with Gasteiger partial charge in [-0.1, -0.05) is 12.1 Å². The second kappa shape index (κ2) is 6.38. The van der Waals surface area contributed by atoms with Crippen LogP contribution >= 0.6 is 0 Å². The molecule has 0 aliphatic rings. The molecule has 0 radical (unpaired) electrons. The van der Waals surface area contributed by atoms with Gasteiger partial charge in [-0.05, 0) is 30.3 Å². The molecule has 1 N–H and O–H groups in total. The number of azo groups is 1. The number of rotatable bonds is 5. The molecule has 0 bridgehead atoms. The van der Waals surface area contributed by atoms with Gasteiger partial charge in [-0.2, -0.15) is 5.11 Å². The first-order valence-corrected chi connectivity index (χ1v) is 6.01. The summed E-state index contributed by atoms with van der Waals surface area (Å²) in [5.74, 6) is -0.231. The number of aromatic hydroxyl groups is 1. The van der Waals surface area contributed by atoms with Gasteiger partial charge < -0.3 is 5.11 Å². The van der Waals surface area contributed by atoms with E-state index >= 15 is 0 Å². The van der Waals surface area contributed by atoms with E-state index in [2.05, 4.69) is 10.2 Å². The molecule has 0 aliphatic carbocycles. The summed E-state index contributed by atoms with van der Waals surface area (Å²) in [7, 11) is 0. The van der Waals surface area contributed by atoms with Crippen LogP contribution in [0.4, 0.5) is 11.4 Å². The van der Waals surface area contributed by atoms with Crippen molar-refractivity contribution in [2.45, 2.75) is 0 Å². The van der Waals surface area contributed by atoms with Crippen LogP contribution in [0.2, 0.25) is 0 Å². The number of phenolic OH excluding ortho intramolecular Hbond substituents is 1. The van der Waals surface area contributed by atoms with Crippen molar-refractivity contribution in [3.63, 3.8) is 0 Å². The number of ketones is 1. The van der Waals surface area contributed by atoms with Gasteiger partial charge >= 0.3 is 0 Å². The SMILES string of the molecule is O=C(CN=Nc1ccccc1[N+](=O)[O-])c1ccc(O)cc1. The number of Topliss-reactive ketones (excluding diaryl/α,β-unsaturated/α-hetero) is 1. The maximum atomic E-state index is 11.8. The lowest BCUT2D eigenvalue weighted by molar-refractivity contribution is -0.384. The molecule has 0 fully saturated rings. The van der Waals surface area contributed by atoms with Gasteiger partial charge in [-0.25, -0.2) is 0 Å². The van der Waals surface area contributed by atoms with E-state index in [-0.39, 0.29) is 29.5 Å². The molecule has 0 atom stereocenters. The Balaban J connectivity index is 2.07. The Labute approximate surface area is 119 Å². The van der Waals surface area contributed by atoms with E-state index in [1.165, 1.54) is 42.5 Å². The smallest absolute Gasteiger partial charge is 0.296 e. The van der Waals surface area contributed by atoms with Crippen LogP contribution in [-0.4, -0.2) is 22.4 Å². The second-order valence-electron chi connectivity index (χ2n) is 4.12. The summed E-state index contributed by atoms with van der Waals surface area (Å²) in [6, 6.07) is 11.6. The van der Waals surface area contributed by atoms with Gasteiger partial charge in [0.1, 0.15) is 12.3 Å². The predicted octanol–water partition coefficient (Wildman–Crippen LogP) is 3.27. The van der Waals surface area contributed by atoms with Crippen molar-refractivity contribution in [3.05, 3.63) is 64.2 Å². The third-order valence-corrected chi connectivity index (χ3v) is 2.66. The number of para-hydroxylation sites is 1. The van der Waals surface area contributed by atoms with E-state index in [9.17, 15) is 14.9 Å². The maximum Gasteiger partial charge on any atom is 0.296 e. The fraction of sp³-hybridized carbons (Fsp3) is 0.0714. The van der Waals surface area contributed by atoms with Crippen molar-refractivity contribution in [2.75, 3.05) is 6.54 Å². The van der Waals surface area contributed by atoms with Gasteiger partial charge in [0.25, 0.3) is 5.69 Å². The summed E-state index contributed by atoms with van der Waals surface area (Å²) in [6.07, 6.45) is 0. The fourth-order valence-electron chi connectivity index (χ4n) is 1.62. The molecule has 7 heteroatoms. The van der Waals surface area contributed by atoms with Gasteiger partial charge in [0, 0.05) is 11.6 Å². The average molecular weight is 285 g/mol. The summed E-state index contributed by atoms with van der Waals surface area (Å²) < 4.78 is 0. The topological polar surface area (TPSA) is 105 Å². The zero-order valence-electron chi connectivity index (χ0n) is 10.8. The Bertz CT molecular complexity index is 696. The minimum absolute atomic E-state index is 0.0630. The molecule has 0 aromatic heterocycles. The number of nitro groups is 1. The van der Waals surface area contributed by atoms with Crippen molar-refractivity contribution in [2.24, 2.45) is 10.2 Å². The maximum absolute atomic E-state index is 11.8. The number of nitro benzene ring substituents is 1. The standard InChI is InChI=1S/C14H11N3O4/c18-11-7-5-10(6-8-11)14(19)9-15-16-12-3-1-2-4-13(12)17(20)21/h1-8,18H,9H2. The lowest BCUT2D eigenvalue weighted by Gasteiger charge is -1.98. The monoisotopic (exact) mass is 285 g/mol. The Kier molecular flexibility index (Phi) is 4.35. The predicted molar refractivity (Wildman–Crippen MR) is 74.9 cm³/mol. The summed E-state index contributed by atoms with van der Waals surface area (Å²) in [5, 5.41) is 27.3. The van der Waals surface area contributed by atoms with E-state index in [1.54, 1.807) is 6.07 Å². The number of carbonyl (C=O) groups is 1. The van der Waals surface area contributed by atoms with Crippen molar-refractivity contribution in [1.29, 1.82) is 0 Å². The highest BCUT2D eigenvalue weighted by Crippen LogP contribution is 2.26. The molecule has 7 nitrogen and oxygen atoms in total. The zero-order valence-corrected chi connectivity index (χ0v) is 10.8. The van der Waals surface area contributed by atoms with Gasteiger partial charge in [0.2, 0.25) is 0 Å². The van der Waals surface area contributed by atoms with E-state index in [0.717, 1.165) is 0 Å². The average Bonchev–Trinajstić information content (AvgIpc) is 2.48. The van der Waals surface area contributed by atoms with E-state index in [0.29, 0.717) is 5.56 Å².